The molecule has 0 spiro atoms. The van der Waals surface area contributed by atoms with Crippen molar-refractivity contribution in [1.29, 1.82) is 0 Å². The Morgan fingerprint density at radius 1 is 1.21 bits per heavy atom. The number of methoxy groups -OCH3 is 1. The number of carbonyl (C=O) groups excluding carboxylic acids is 2. The summed E-state index contributed by atoms with van der Waals surface area (Å²) < 4.78 is 11.1. The molecule has 0 N–H and O–H groups in total. The summed E-state index contributed by atoms with van der Waals surface area (Å²) in [5.74, 6) is -0.426. The number of rotatable bonds is 7. The molecule has 0 bridgehead atoms. The molecule has 2 rings (SSSR count). The first-order valence-electron chi connectivity index (χ1n) is 9.96. The number of nitrogens with zero attached hydrogens (tertiary/aromatic N) is 1. The molecule has 0 fully saturated rings. The summed E-state index contributed by atoms with van der Waals surface area (Å²) in [5.41, 5.74) is 1.30. The zero-order chi connectivity index (χ0) is 22.1. The molecule has 1 amide bonds. The molecular formula is C23H33NO5. The Bertz CT molecular complexity index is 817. The highest BCUT2D eigenvalue weighted by molar-refractivity contribution is 6.23. The molecule has 0 aromatic heterocycles. The lowest BCUT2D eigenvalue weighted by Gasteiger charge is -2.34. The van der Waals surface area contributed by atoms with Gasteiger partial charge in [-0.2, -0.15) is 0 Å². The zero-order valence-electron chi connectivity index (χ0n) is 19.0. The van der Waals surface area contributed by atoms with Crippen LogP contribution in [0.4, 0.5) is 0 Å². The maximum atomic E-state index is 13.5. The number of aryl methyl sites for hydroxylation is 2. The van der Waals surface area contributed by atoms with Crippen molar-refractivity contribution in [3.05, 3.63) is 40.6 Å². The topological polar surface area (TPSA) is 65.1 Å². The van der Waals surface area contributed by atoms with Crippen LogP contribution in [-0.2, 0) is 23.9 Å². The summed E-state index contributed by atoms with van der Waals surface area (Å²) in [6, 6.07) is 5.81. The van der Waals surface area contributed by atoms with Crippen LogP contribution in [0.1, 0.15) is 64.7 Å². The van der Waals surface area contributed by atoms with Crippen molar-refractivity contribution in [1.82, 2.24) is 5.06 Å². The minimum Gasteiger partial charge on any atom is -0.427 e. The summed E-state index contributed by atoms with van der Waals surface area (Å²) in [7, 11) is 1.50. The predicted octanol–water partition coefficient (Wildman–Crippen LogP) is 4.54. The molecule has 1 aromatic carbocycles. The van der Waals surface area contributed by atoms with Crippen LogP contribution in [0.2, 0.25) is 0 Å². The SMILES string of the molecule is CCC(C)(C)C(=O)OC1=C(c2c(C)cccc2C)C(=O)N(OC(C)OC)C1(C)C. The van der Waals surface area contributed by atoms with E-state index < -0.39 is 17.2 Å². The number of amides is 1. The zero-order valence-corrected chi connectivity index (χ0v) is 19.0. The Hall–Kier alpha value is -2.18. The quantitative estimate of drug-likeness (QED) is 0.494. The van der Waals surface area contributed by atoms with Crippen molar-refractivity contribution < 1.29 is 23.9 Å². The van der Waals surface area contributed by atoms with Crippen molar-refractivity contribution in [3.8, 4) is 0 Å². The Labute approximate surface area is 173 Å². The fourth-order valence-corrected chi connectivity index (χ4v) is 3.20. The summed E-state index contributed by atoms with van der Waals surface area (Å²) in [5, 5.41) is 1.25. The van der Waals surface area contributed by atoms with Crippen LogP contribution in [0.15, 0.2) is 24.0 Å². The Morgan fingerprint density at radius 3 is 2.24 bits per heavy atom. The van der Waals surface area contributed by atoms with Crippen LogP contribution in [-0.4, -0.2) is 35.9 Å². The van der Waals surface area contributed by atoms with E-state index in [4.69, 9.17) is 14.3 Å². The molecule has 0 radical (unpaired) electrons. The van der Waals surface area contributed by atoms with Crippen LogP contribution >= 0.6 is 0 Å². The van der Waals surface area contributed by atoms with E-state index in [-0.39, 0.29) is 11.9 Å². The van der Waals surface area contributed by atoms with E-state index in [0.717, 1.165) is 16.7 Å². The van der Waals surface area contributed by atoms with Gasteiger partial charge >= 0.3 is 5.97 Å². The lowest BCUT2D eigenvalue weighted by atomic mass is 9.90. The van der Waals surface area contributed by atoms with Gasteiger partial charge in [-0.25, -0.2) is 9.90 Å². The number of hydrogen-bond acceptors (Lipinski definition) is 5. The minimum atomic E-state index is -0.993. The molecule has 1 unspecified atom stereocenters. The third-order valence-electron chi connectivity index (χ3n) is 5.64. The van der Waals surface area contributed by atoms with E-state index in [1.54, 1.807) is 20.8 Å². The average molecular weight is 404 g/mol. The van der Waals surface area contributed by atoms with Gasteiger partial charge in [0, 0.05) is 7.11 Å². The maximum Gasteiger partial charge on any atom is 0.316 e. The van der Waals surface area contributed by atoms with Crippen molar-refractivity contribution in [2.45, 2.75) is 73.6 Å². The molecule has 6 heteroatoms. The van der Waals surface area contributed by atoms with Gasteiger partial charge in [-0.3, -0.25) is 9.59 Å². The largest absolute Gasteiger partial charge is 0.427 e. The Kier molecular flexibility index (Phi) is 6.60. The summed E-state index contributed by atoms with van der Waals surface area (Å²) in [4.78, 5) is 32.2. The number of hydroxylamine groups is 2. The van der Waals surface area contributed by atoms with Gasteiger partial charge in [0.25, 0.3) is 5.91 Å². The number of benzene rings is 1. The summed E-state index contributed by atoms with van der Waals surface area (Å²) in [6.45, 7) is 14.8. The standard InChI is InChI=1S/C23H33NO5/c1-10-22(5,6)21(26)28-19-18(17-14(2)12-11-13-15(17)3)20(25)24(23(19,7)8)29-16(4)27-9/h11-13,16H,10H2,1-9H3. The molecular weight excluding hydrogens is 370 g/mol. The van der Waals surface area contributed by atoms with Gasteiger partial charge in [-0.15, -0.1) is 0 Å². The lowest BCUT2D eigenvalue weighted by Crippen LogP contribution is -2.46. The number of ether oxygens (including phenoxy) is 2. The number of hydrogen-bond donors (Lipinski definition) is 0. The normalized spacial score (nSPS) is 17.7. The van der Waals surface area contributed by atoms with E-state index in [0.29, 0.717) is 17.8 Å². The van der Waals surface area contributed by atoms with Gasteiger partial charge in [0.05, 0.1) is 11.0 Å². The van der Waals surface area contributed by atoms with Crippen LogP contribution < -0.4 is 0 Å². The lowest BCUT2D eigenvalue weighted by molar-refractivity contribution is -0.276. The molecule has 0 saturated heterocycles. The van der Waals surface area contributed by atoms with Gasteiger partial charge in [0.2, 0.25) is 0 Å². The van der Waals surface area contributed by atoms with Gasteiger partial charge < -0.3 is 9.47 Å². The molecule has 6 nitrogen and oxygen atoms in total. The van der Waals surface area contributed by atoms with E-state index in [1.807, 2.05) is 52.8 Å². The van der Waals surface area contributed by atoms with Gasteiger partial charge in [0.1, 0.15) is 11.3 Å². The molecule has 0 saturated carbocycles. The van der Waals surface area contributed by atoms with Gasteiger partial charge in [-0.05, 0) is 71.6 Å². The average Bonchev–Trinajstić information content (AvgIpc) is 2.82. The second-order valence-corrected chi connectivity index (χ2v) is 8.67. The monoisotopic (exact) mass is 403 g/mol. The molecule has 1 aliphatic heterocycles. The Morgan fingerprint density at radius 2 is 1.76 bits per heavy atom. The third-order valence-corrected chi connectivity index (χ3v) is 5.64. The second kappa shape index (κ2) is 8.28. The fourth-order valence-electron chi connectivity index (χ4n) is 3.20. The maximum absolute atomic E-state index is 13.5. The van der Waals surface area contributed by atoms with E-state index in [9.17, 15) is 9.59 Å². The third kappa shape index (κ3) is 4.23. The first kappa shape index (κ1) is 23.1. The van der Waals surface area contributed by atoms with E-state index in [2.05, 4.69) is 0 Å². The van der Waals surface area contributed by atoms with Crippen molar-refractivity contribution in [2.24, 2.45) is 5.41 Å². The highest BCUT2D eigenvalue weighted by Gasteiger charge is 2.51. The van der Waals surface area contributed by atoms with Crippen LogP contribution in [0.3, 0.4) is 0 Å². The molecule has 1 atom stereocenters. The predicted molar refractivity (Wildman–Crippen MR) is 111 cm³/mol. The van der Waals surface area contributed by atoms with Crippen molar-refractivity contribution in [3.63, 3.8) is 0 Å². The van der Waals surface area contributed by atoms with Crippen LogP contribution in [0.5, 0.6) is 0 Å². The fraction of sp³-hybridized carbons (Fsp3) is 0.565. The second-order valence-electron chi connectivity index (χ2n) is 8.67. The van der Waals surface area contributed by atoms with Crippen molar-refractivity contribution >= 4 is 17.4 Å². The van der Waals surface area contributed by atoms with E-state index >= 15 is 0 Å². The van der Waals surface area contributed by atoms with Crippen molar-refractivity contribution in [2.75, 3.05) is 7.11 Å². The van der Waals surface area contributed by atoms with E-state index in [1.165, 1.54) is 12.2 Å². The molecule has 1 aromatic rings. The molecule has 160 valence electrons. The van der Waals surface area contributed by atoms with Crippen LogP contribution in [0.25, 0.3) is 5.57 Å². The summed E-state index contributed by atoms with van der Waals surface area (Å²) in [6.07, 6.45) is -0.0211. The molecule has 1 heterocycles. The number of carbonyl (C=O) groups is 2. The minimum absolute atomic E-state index is 0.301. The first-order chi connectivity index (χ1) is 13.4. The highest BCUT2D eigenvalue weighted by Crippen LogP contribution is 2.44. The highest BCUT2D eigenvalue weighted by atomic mass is 16.8. The molecule has 0 aliphatic carbocycles. The van der Waals surface area contributed by atoms with Crippen LogP contribution in [0, 0.1) is 19.3 Å². The number of esters is 1. The Balaban J connectivity index is 2.68. The summed E-state index contributed by atoms with van der Waals surface area (Å²) >= 11 is 0. The first-order valence-corrected chi connectivity index (χ1v) is 9.96. The molecule has 1 aliphatic rings. The van der Waals surface area contributed by atoms with Gasteiger partial charge in [-0.1, -0.05) is 25.1 Å². The van der Waals surface area contributed by atoms with Gasteiger partial charge in [0.15, 0.2) is 6.29 Å². The smallest absolute Gasteiger partial charge is 0.316 e. The molecule has 29 heavy (non-hydrogen) atoms.